The molecule has 0 heterocycles. The number of phosphoric acid groups is 1. The molecular formula is C71H140N2O7P+. The van der Waals surface area contributed by atoms with Crippen molar-refractivity contribution in [1.82, 2.24) is 5.32 Å². The Balaban J connectivity index is 4.97. The molecular weight excluding hydrogens is 1020 g/mol. The van der Waals surface area contributed by atoms with E-state index >= 15 is 0 Å². The molecule has 1 amide bonds. The lowest BCUT2D eigenvalue weighted by Crippen LogP contribution is -2.47. The number of nitrogens with one attached hydrogen (secondary N) is 1. The molecule has 0 rings (SSSR count). The highest BCUT2D eigenvalue weighted by Gasteiger charge is 2.30. The molecule has 480 valence electrons. The van der Waals surface area contributed by atoms with Crippen LogP contribution in [0.1, 0.15) is 367 Å². The van der Waals surface area contributed by atoms with Crippen LogP contribution in [0.5, 0.6) is 0 Å². The number of phosphoric ester groups is 1. The zero-order chi connectivity index (χ0) is 59.3. The second-order valence-electron chi connectivity index (χ2n) is 25.8. The van der Waals surface area contributed by atoms with Gasteiger partial charge in [-0.3, -0.25) is 18.6 Å². The molecule has 0 aliphatic heterocycles. The van der Waals surface area contributed by atoms with Crippen molar-refractivity contribution >= 4 is 19.7 Å². The van der Waals surface area contributed by atoms with Gasteiger partial charge in [0.2, 0.25) is 5.91 Å². The number of quaternary nitrogens is 1. The summed E-state index contributed by atoms with van der Waals surface area (Å²) in [6.45, 7) is 7.07. The van der Waals surface area contributed by atoms with Crippen LogP contribution in [-0.2, 0) is 27.9 Å². The number of hydrogen-bond acceptors (Lipinski definition) is 6. The quantitative estimate of drug-likeness (QED) is 0.0205. The molecule has 3 atom stereocenters. The number of hydrogen-bond donors (Lipinski definition) is 2. The van der Waals surface area contributed by atoms with E-state index in [9.17, 15) is 19.0 Å². The van der Waals surface area contributed by atoms with Crippen molar-refractivity contribution in [3.05, 3.63) is 24.3 Å². The highest BCUT2D eigenvalue weighted by Crippen LogP contribution is 2.43. The van der Waals surface area contributed by atoms with Gasteiger partial charge in [-0.2, -0.15) is 0 Å². The SMILES string of the molecule is CCCCCCCC/C=C/CCCCCCCCCCCC(=O)OC(/C=C/CCCCCCCCCCC)C(COP(=O)(O)OCC[N+](C)(C)C)NC(=O)CCCCCCCCCCCCCCCCCCCCCCCCCCC. The molecule has 0 aromatic heterocycles. The summed E-state index contributed by atoms with van der Waals surface area (Å²) in [5.41, 5.74) is 0. The molecule has 0 saturated carbocycles. The molecule has 0 aromatic carbocycles. The van der Waals surface area contributed by atoms with Crippen molar-refractivity contribution in [2.45, 2.75) is 380 Å². The van der Waals surface area contributed by atoms with Crippen molar-refractivity contribution in [1.29, 1.82) is 0 Å². The fourth-order valence-electron chi connectivity index (χ4n) is 10.9. The number of rotatable bonds is 66. The first-order valence-corrected chi connectivity index (χ1v) is 37.2. The maximum Gasteiger partial charge on any atom is 0.472 e. The minimum absolute atomic E-state index is 0.0439. The molecule has 0 spiro atoms. The molecule has 0 bridgehead atoms. The first kappa shape index (κ1) is 79.5. The van der Waals surface area contributed by atoms with Gasteiger partial charge in [0, 0.05) is 12.8 Å². The summed E-state index contributed by atoms with van der Waals surface area (Å²) in [4.78, 5) is 37.8. The normalized spacial score (nSPS) is 13.6. The van der Waals surface area contributed by atoms with Gasteiger partial charge in [-0.1, -0.05) is 322 Å². The van der Waals surface area contributed by atoms with E-state index in [1.165, 1.54) is 276 Å². The van der Waals surface area contributed by atoms with Crippen LogP contribution in [0.2, 0.25) is 0 Å². The minimum atomic E-state index is -4.45. The molecule has 2 N–H and O–H groups in total. The van der Waals surface area contributed by atoms with E-state index in [-0.39, 0.29) is 25.1 Å². The zero-order valence-electron chi connectivity index (χ0n) is 55.1. The molecule has 0 radical (unpaired) electrons. The van der Waals surface area contributed by atoms with E-state index in [4.69, 9.17) is 13.8 Å². The third kappa shape index (κ3) is 62.8. The largest absolute Gasteiger partial charge is 0.472 e. The van der Waals surface area contributed by atoms with Gasteiger partial charge in [-0.05, 0) is 57.4 Å². The lowest BCUT2D eigenvalue weighted by atomic mass is 10.0. The standard InChI is InChI=1S/C71H139N2O7P/c1-7-10-13-16-19-22-25-27-29-31-33-34-35-36-37-38-40-41-43-45-48-51-54-57-60-63-70(74)72-68(67-79-81(76,77)78-66-65-73(4,5)6)69(62-59-56-53-50-47-24-21-18-15-12-9-3)80-71(75)64-61-58-55-52-49-46-44-42-39-32-30-28-26-23-20-17-14-11-8-2/h28,30,59,62,68-69H,7-27,29,31-58,60-61,63-67H2,1-6H3,(H-,72,74,76,77)/p+1/b30-28+,62-59+. The molecule has 0 aliphatic carbocycles. The Morgan fingerprint density at radius 1 is 0.420 bits per heavy atom. The average molecular weight is 1160 g/mol. The predicted molar refractivity (Wildman–Crippen MR) is 351 cm³/mol. The van der Waals surface area contributed by atoms with E-state index in [2.05, 4.69) is 38.2 Å². The molecule has 3 unspecified atom stereocenters. The van der Waals surface area contributed by atoms with Crippen LogP contribution >= 0.6 is 7.82 Å². The highest BCUT2D eigenvalue weighted by atomic mass is 31.2. The Kier molecular flexibility index (Phi) is 60.4. The van der Waals surface area contributed by atoms with Crippen molar-refractivity contribution in [3.63, 3.8) is 0 Å². The van der Waals surface area contributed by atoms with Crippen molar-refractivity contribution in [2.75, 3.05) is 40.9 Å². The average Bonchev–Trinajstić information content (AvgIpc) is 3.44. The molecule has 0 aliphatic rings. The summed E-state index contributed by atoms with van der Waals surface area (Å²) in [7, 11) is 1.52. The zero-order valence-corrected chi connectivity index (χ0v) is 56.0. The Morgan fingerprint density at radius 3 is 1.05 bits per heavy atom. The fraction of sp³-hybridized carbons (Fsp3) is 0.915. The first-order valence-electron chi connectivity index (χ1n) is 35.7. The molecule has 10 heteroatoms. The lowest BCUT2D eigenvalue weighted by molar-refractivity contribution is -0.870. The van der Waals surface area contributed by atoms with Crippen LogP contribution in [-0.4, -0.2) is 74.3 Å². The van der Waals surface area contributed by atoms with Crippen LogP contribution in [0.25, 0.3) is 0 Å². The Labute approximate surface area is 504 Å². The number of carbonyl (C=O) groups excluding carboxylic acids is 2. The minimum Gasteiger partial charge on any atom is -0.456 e. The van der Waals surface area contributed by atoms with E-state index in [0.717, 1.165) is 57.8 Å². The van der Waals surface area contributed by atoms with Crippen LogP contribution in [0.3, 0.4) is 0 Å². The highest BCUT2D eigenvalue weighted by molar-refractivity contribution is 7.47. The van der Waals surface area contributed by atoms with Crippen LogP contribution in [0.15, 0.2) is 24.3 Å². The van der Waals surface area contributed by atoms with Crippen LogP contribution < -0.4 is 5.32 Å². The van der Waals surface area contributed by atoms with Crippen LogP contribution in [0.4, 0.5) is 0 Å². The second-order valence-corrected chi connectivity index (χ2v) is 27.2. The van der Waals surface area contributed by atoms with Gasteiger partial charge < -0.3 is 19.4 Å². The summed E-state index contributed by atoms with van der Waals surface area (Å²) >= 11 is 0. The third-order valence-corrected chi connectivity index (χ3v) is 17.4. The number of unbranched alkanes of at least 4 members (excludes halogenated alkanes) is 48. The third-order valence-electron chi connectivity index (χ3n) is 16.4. The van der Waals surface area contributed by atoms with Gasteiger partial charge in [-0.25, -0.2) is 4.57 Å². The monoisotopic (exact) mass is 1160 g/mol. The van der Waals surface area contributed by atoms with Gasteiger partial charge in [-0.15, -0.1) is 0 Å². The fourth-order valence-corrected chi connectivity index (χ4v) is 11.6. The molecule has 0 aromatic rings. The van der Waals surface area contributed by atoms with Gasteiger partial charge in [0.15, 0.2) is 0 Å². The van der Waals surface area contributed by atoms with E-state index in [1.54, 1.807) is 0 Å². The Bertz CT molecular complexity index is 1430. The van der Waals surface area contributed by atoms with Crippen LogP contribution in [0, 0.1) is 0 Å². The van der Waals surface area contributed by atoms with Crippen molar-refractivity contribution in [2.24, 2.45) is 0 Å². The summed E-state index contributed by atoms with van der Waals surface area (Å²) in [6.07, 6.45) is 74.8. The van der Waals surface area contributed by atoms with E-state index < -0.39 is 20.0 Å². The van der Waals surface area contributed by atoms with Gasteiger partial charge in [0.1, 0.15) is 19.3 Å². The topological polar surface area (TPSA) is 111 Å². The maximum atomic E-state index is 13.6. The number of amides is 1. The first-order chi connectivity index (χ1) is 39.4. The van der Waals surface area contributed by atoms with Crippen molar-refractivity contribution in [3.8, 4) is 0 Å². The number of likely N-dealkylation sites (N-methyl/N-ethyl adjacent to an activating group) is 1. The summed E-state index contributed by atoms with van der Waals surface area (Å²) in [5, 5.41) is 3.08. The molecule has 81 heavy (non-hydrogen) atoms. The summed E-state index contributed by atoms with van der Waals surface area (Å²) < 4.78 is 30.8. The van der Waals surface area contributed by atoms with Crippen molar-refractivity contribution < 1.29 is 37.3 Å². The smallest absolute Gasteiger partial charge is 0.456 e. The lowest BCUT2D eigenvalue weighted by Gasteiger charge is -2.27. The number of nitrogens with zero attached hydrogens (tertiary/aromatic N) is 1. The molecule has 0 fully saturated rings. The predicted octanol–water partition coefficient (Wildman–Crippen LogP) is 22.5. The van der Waals surface area contributed by atoms with E-state index in [1.807, 2.05) is 33.3 Å². The number of allylic oxidation sites excluding steroid dienone is 3. The number of ether oxygens (including phenoxy) is 1. The van der Waals surface area contributed by atoms with E-state index in [0.29, 0.717) is 23.9 Å². The Morgan fingerprint density at radius 2 is 0.716 bits per heavy atom. The summed E-state index contributed by atoms with van der Waals surface area (Å²) in [6, 6.07) is -0.844. The maximum absolute atomic E-state index is 13.6. The van der Waals surface area contributed by atoms with Gasteiger partial charge >= 0.3 is 13.8 Å². The van der Waals surface area contributed by atoms with Gasteiger partial charge in [0.05, 0.1) is 33.8 Å². The molecule has 9 nitrogen and oxygen atoms in total. The second kappa shape index (κ2) is 61.6. The summed E-state index contributed by atoms with van der Waals surface area (Å²) in [5.74, 6) is -0.486. The Hall–Kier alpha value is -1.51. The number of esters is 1. The van der Waals surface area contributed by atoms with Gasteiger partial charge in [0.25, 0.3) is 0 Å². The number of carbonyl (C=O) groups is 2. The molecule has 0 saturated heterocycles.